The molecular formula is C32H32N8O5S2. The van der Waals surface area contributed by atoms with Crippen LogP contribution in [0.15, 0.2) is 59.7 Å². The second-order valence-corrected chi connectivity index (χ2v) is 14.8. The average Bonchev–Trinajstić information content (AvgIpc) is 3.73. The maximum atomic E-state index is 13.7. The third kappa shape index (κ3) is 6.90. The SMILES string of the molecule is CC(C)(C)OC(=O)Nc1cc2sc(CNC(=O)[C@@H]3CC(C)(C)c4ncc(NC(=O)c5nnc(-c6ccccc6)s5)c(=O)n43)cc2cn1. The number of benzene rings is 1. The highest BCUT2D eigenvalue weighted by molar-refractivity contribution is 7.19. The Morgan fingerprint density at radius 3 is 2.53 bits per heavy atom. The highest BCUT2D eigenvalue weighted by Gasteiger charge is 2.43. The molecule has 0 saturated heterocycles. The summed E-state index contributed by atoms with van der Waals surface area (Å²) in [6.45, 7) is 9.40. The normalized spacial score (nSPS) is 15.2. The van der Waals surface area contributed by atoms with E-state index in [1.165, 1.54) is 22.1 Å². The quantitative estimate of drug-likeness (QED) is 0.202. The van der Waals surface area contributed by atoms with Crippen molar-refractivity contribution in [1.29, 1.82) is 0 Å². The van der Waals surface area contributed by atoms with Crippen molar-refractivity contribution >= 4 is 62.2 Å². The van der Waals surface area contributed by atoms with E-state index in [9.17, 15) is 19.2 Å². The molecule has 3 N–H and O–H groups in total. The topological polar surface area (TPSA) is 170 Å². The molecule has 242 valence electrons. The molecule has 15 heteroatoms. The van der Waals surface area contributed by atoms with Crippen molar-refractivity contribution in [3.63, 3.8) is 0 Å². The number of pyridine rings is 1. The molecule has 13 nitrogen and oxygen atoms in total. The number of aromatic nitrogens is 5. The number of nitrogens with zero attached hydrogens (tertiary/aromatic N) is 5. The van der Waals surface area contributed by atoms with E-state index in [2.05, 4.69) is 36.1 Å². The molecule has 1 aliphatic rings. The molecule has 0 aliphatic carbocycles. The van der Waals surface area contributed by atoms with Gasteiger partial charge in [-0.3, -0.25) is 24.3 Å². The molecule has 0 fully saturated rings. The van der Waals surface area contributed by atoms with Crippen LogP contribution in [0.3, 0.4) is 0 Å². The van der Waals surface area contributed by atoms with Gasteiger partial charge in [-0.15, -0.1) is 21.5 Å². The van der Waals surface area contributed by atoms with Crippen LogP contribution in [0.1, 0.15) is 67.6 Å². The predicted octanol–water partition coefficient (Wildman–Crippen LogP) is 5.51. The Balaban J connectivity index is 1.15. The minimum absolute atomic E-state index is 0.0569. The van der Waals surface area contributed by atoms with Gasteiger partial charge in [-0.1, -0.05) is 55.5 Å². The molecule has 6 rings (SSSR count). The second kappa shape index (κ2) is 12.3. The van der Waals surface area contributed by atoms with Crippen molar-refractivity contribution in [2.24, 2.45) is 0 Å². The number of anilines is 2. The van der Waals surface area contributed by atoms with Crippen molar-refractivity contribution in [3.8, 4) is 10.6 Å². The summed E-state index contributed by atoms with van der Waals surface area (Å²) in [6.07, 6.45) is 2.72. The third-order valence-corrected chi connectivity index (χ3v) is 9.39. The molecular weight excluding hydrogens is 641 g/mol. The number of carbonyl (C=O) groups excluding carboxylic acids is 3. The maximum Gasteiger partial charge on any atom is 0.413 e. The van der Waals surface area contributed by atoms with Gasteiger partial charge in [0.05, 0.1) is 12.7 Å². The first-order chi connectivity index (χ1) is 22.3. The Hall–Kier alpha value is -5.02. The van der Waals surface area contributed by atoms with Gasteiger partial charge in [0.15, 0.2) is 0 Å². The largest absolute Gasteiger partial charge is 0.444 e. The zero-order chi connectivity index (χ0) is 33.5. The summed E-state index contributed by atoms with van der Waals surface area (Å²) >= 11 is 2.55. The summed E-state index contributed by atoms with van der Waals surface area (Å²) in [7, 11) is 0. The predicted molar refractivity (Wildman–Crippen MR) is 180 cm³/mol. The highest BCUT2D eigenvalue weighted by atomic mass is 32.1. The molecule has 0 radical (unpaired) electrons. The first-order valence-corrected chi connectivity index (χ1v) is 16.4. The molecule has 1 atom stereocenters. The van der Waals surface area contributed by atoms with Crippen LogP contribution in [0.4, 0.5) is 16.3 Å². The maximum absolute atomic E-state index is 13.7. The summed E-state index contributed by atoms with van der Waals surface area (Å²) in [6, 6.07) is 12.2. The van der Waals surface area contributed by atoms with E-state index in [0.717, 1.165) is 31.9 Å². The summed E-state index contributed by atoms with van der Waals surface area (Å²) in [5.41, 5.74) is -0.959. The van der Waals surface area contributed by atoms with Crippen LogP contribution < -0.4 is 21.5 Å². The number of carbonyl (C=O) groups is 3. The number of fused-ring (bicyclic) bond motifs is 2. The number of hydrogen-bond donors (Lipinski definition) is 3. The van der Waals surface area contributed by atoms with Gasteiger partial charge in [0.2, 0.25) is 10.9 Å². The average molecular weight is 673 g/mol. The van der Waals surface area contributed by atoms with Crippen molar-refractivity contribution in [2.75, 3.05) is 10.6 Å². The molecule has 0 saturated carbocycles. The summed E-state index contributed by atoms with van der Waals surface area (Å²) in [5.74, 6) is -0.123. The third-order valence-electron chi connectivity index (χ3n) is 7.32. The lowest BCUT2D eigenvalue weighted by Gasteiger charge is -2.19. The first-order valence-electron chi connectivity index (χ1n) is 14.8. The zero-order valence-electron chi connectivity index (χ0n) is 26.3. The van der Waals surface area contributed by atoms with Crippen LogP contribution in [0, 0.1) is 0 Å². The minimum atomic E-state index is -0.830. The Bertz CT molecular complexity index is 2060. The number of nitrogens with one attached hydrogen (secondary N) is 3. The molecule has 47 heavy (non-hydrogen) atoms. The van der Waals surface area contributed by atoms with Gasteiger partial charge in [0, 0.05) is 32.1 Å². The molecule has 5 heterocycles. The van der Waals surface area contributed by atoms with E-state index in [0.29, 0.717) is 23.1 Å². The molecule has 3 amide bonds. The first kappa shape index (κ1) is 31.9. The van der Waals surface area contributed by atoms with E-state index in [4.69, 9.17) is 4.74 Å². The fourth-order valence-corrected chi connectivity index (χ4v) is 7.01. The van der Waals surface area contributed by atoms with Crippen LogP contribution in [-0.2, 0) is 21.5 Å². The van der Waals surface area contributed by atoms with Crippen molar-refractivity contribution in [1.82, 2.24) is 30.0 Å². The summed E-state index contributed by atoms with van der Waals surface area (Å²) < 4.78 is 7.53. The van der Waals surface area contributed by atoms with Gasteiger partial charge in [-0.25, -0.2) is 14.8 Å². The smallest absolute Gasteiger partial charge is 0.413 e. The molecule has 4 aromatic heterocycles. The van der Waals surface area contributed by atoms with Crippen LogP contribution in [0.5, 0.6) is 0 Å². The molecule has 5 aromatic rings. The summed E-state index contributed by atoms with van der Waals surface area (Å²) in [5, 5.41) is 17.8. The minimum Gasteiger partial charge on any atom is -0.444 e. The second-order valence-electron chi connectivity index (χ2n) is 12.7. The monoisotopic (exact) mass is 672 g/mol. The van der Waals surface area contributed by atoms with E-state index in [1.54, 1.807) is 33.0 Å². The molecule has 1 aromatic carbocycles. The van der Waals surface area contributed by atoms with E-state index in [1.807, 2.05) is 50.2 Å². The van der Waals surface area contributed by atoms with Gasteiger partial charge < -0.3 is 15.4 Å². The number of amides is 3. The number of hydrogen-bond acceptors (Lipinski definition) is 11. The molecule has 0 unspecified atom stereocenters. The van der Waals surface area contributed by atoms with Gasteiger partial charge in [-0.05, 0) is 39.3 Å². The molecule has 0 spiro atoms. The van der Waals surface area contributed by atoms with Crippen molar-refractivity contribution in [3.05, 3.63) is 80.9 Å². The standard InChI is InChI=1S/C32H32N8O5S2/c1-31(2,3)45-30(44)37-23-12-22-18(14-33-23)11-19(46-22)15-34-24(41)21-13-32(4,5)29-35-16-20(28(43)40(21)29)36-25(42)27-39-38-26(47-27)17-9-7-6-8-10-17/h6-12,14,16,21H,13,15H2,1-5H3,(H,34,41)(H,36,42)(H,33,37,44)/t21-/m0/s1. The fraction of sp³-hybridized carbons (Fsp3) is 0.312. The van der Waals surface area contributed by atoms with Crippen molar-refractivity contribution < 1.29 is 19.1 Å². The molecule has 0 bridgehead atoms. The fourth-order valence-electron chi connectivity index (χ4n) is 5.25. The van der Waals surface area contributed by atoms with Crippen molar-refractivity contribution in [2.45, 2.75) is 64.6 Å². The number of ether oxygens (including phenoxy) is 1. The molecule has 1 aliphatic heterocycles. The number of thiophene rings is 1. The van der Waals surface area contributed by atoms with Gasteiger partial charge in [0.25, 0.3) is 11.5 Å². The zero-order valence-corrected chi connectivity index (χ0v) is 27.9. The lowest BCUT2D eigenvalue weighted by Crippen LogP contribution is -2.36. The van der Waals surface area contributed by atoms with E-state index in [-0.39, 0.29) is 23.1 Å². The lowest BCUT2D eigenvalue weighted by atomic mass is 9.89. The summed E-state index contributed by atoms with van der Waals surface area (Å²) in [4.78, 5) is 62.0. The van der Waals surface area contributed by atoms with Crippen LogP contribution in [-0.4, -0.2) is 48.2 Å². The van der Waals surface area contributed by atoms with Crippen LogP contribution in [0.25, 0.3) is 20.7 Å². The number of rotatable bonds is 7. The Morgan fingerprint density at radius 2 is 1.79 bits per heavy atom. The van der Waals surface area contributed by atoms with Crippen LogP contribution >= 0.6 is 22.7 Å². The Labute approximate surface area is 277 Å². The van der Waals surface area contributed by atoms with Gasteiger partial charge >= 0.3 is 6.09 Å². The van der Waals surface area contributed by atoms with Crippen LogP contribution in [0.2, 0.25) is 0 Å². The Morgan fingerprint density at radius 1 is 1.02 bits per heavy atom. The Kier molecular flexibility index (Phi) is 8.36. The van der Waals surface area contributed by atoms with Gasteiger partial charge in [-0.2, -0.15) is 0 Å². The highest BCUT2D eigenvalue weighted by Crippen LogP contribution is 2.39. The lowest BCUT2D eigenvalue weighted by molar-refractivity contribution is -0.124. The van der Waals surface area contributed by atoms with Gasteiger partial charge in [0.1, 0.15) is 34.0 Å². The van der Waals surface area contributed by atoms with E-state index >= 15 is 0 Å². The van der Waals surface area contributed by atoms with E-state index < -0.39 is 34.6 Å².